The van der Waals surface area contributed by atoms with E-state index in [9.17, 15) is 9.59 Å². The van der Waals surface area contributed by atoms with E-state index in [1.165, 1.54) is 6.08 Å². The van der Waals surface area contributed by atoms with Crippen LogP contribution in [0.2, 0.25) is 0 Å². The predicted octanol–water partition coefficient (Wildman–Crippen LogP) is 3.72. The maximum Gasteiger partial charge on any atom is 0.328 e. The molecule has 0 aliphatic carbocycles. The second-order valence-electron chi connectivity index (χ2n) is 4.83. The lowest BCUT2D eigenvalue weighted by Gasteiger charge is -2.11. The molecule has 0 heterocycles. The van der Waals surface area contributed by atoms with Crippen LogP contribution in [0, 0.1) is 5.92 Å². The molecule has 0 saturated carbocycles. The fourth-order valence-electron chi connectivity index (χ4n) is 1.97. The molecule has 2 N–H and O–H groups in total. The summed E-state index contributed by atoms with van der Waals surface area (Å²) < 4.78 is 0. The van der Waals surface area contributed by atoms with Gasteiger partial charge in [-0.25, -0.2) is 4.79 Å². The highest BCUT2D eigenvalue weighted by Crippen LogP contribution is 2.15. The van der Waals surface area contributed by atoms with Crippen molar-refractivity contribution in [3.63, 3.8) is 0 Å². The molecule has 0 aliphatic heterocycles. The molecular formula is C17H21NO3. The standard InChI is InChI=1S/C17H21NO3/c1-3-5-13(4-2)12-16(19)18-15-9-6-14(7-10-15)8-11-17(20)21/h4,6-11,13H,2-3,5,12H2,1H3,(H,18,19)(H,20,21)/b11-8+. The highest BCUT2D eigenvalue weighted by atomic mass is 16.4. The van der Waals surface area contributed by atoms with Crippen molar-refractivity contribution in [1.82, 2.24) is 0 Å². The number of amides is 1. The molecule has 0 spiro atoms. The first-order valence-electron chi connectivity index (χ1n) is 6.98. The summed E-state index contributed by atoms with van der Waals surface area (Å²) in [5.41, 5.74) is 1.47. The van der Waals surface area contributed by atoms with Crippen molar-refractivity contribution in [3.8, 4) is 0 Å². The molecule has 1 aromatic rings. The molecule has 4 nitrogen and oxygen atoms in total. The number of carbonyl (C=O) groups is 2. The maximum absolute atomic E-state index is 11.9. The second-order valence-corrected chi connectivity index (χ2v) is 4.83. The molecule has 1 rings (SSSR count). The average Bonchev–Trinajstić information content (AvgIpc) is 2.46. The SMILES string of the molecule is C=CC(CCC)CC(=O)Nc1ccc(/C=C/C(=O)O)cc1. The Morgan fingerprint density at radius 3 is 2.52 bits per heavy atom. The zero-order chi connectivity index (χ0) is 15.7. The van der Waals surface area contributed by atoms with Crippen molar-refractivity contribution in [2.24, 2.45) is 5.92 Å². The van der Waals surface area contributed by atoms with E-state index in [0.717, 1.165) is 24.5 Å². The molecule has 0 radical (unpaired) electrons. The van der Waals surface area contributed by atoms with Gasteiger partial charge in [-0.3, -0.25) is 4.79 Å². The summed E-state index contributed by atoms with van der Waals surface area (Å²) in [7, 11) is 0. The van der Waals surface area contributed by atoms with Gasteiger partial charge in [0.1, 0.15) is 0 Å². The molecule has 0 bridgehead atoms. The average molecular weight is 287 g/mol. The number of nitrogens with one attached hydrogen (secondary N) is 1. The molecular weight excluding hydrogens is 266 g/mol. The van der Waals surface area contributed by atoms with Crippen LogP contribution in [0.4, 0.5) is 5.69 Å². The molecule has 0 saturated heterocycles. The Balaban J connectivity index is 2.57. The molecule has 0 aromatic heterocycles. The van der Waals surface area contributed by atoms with Gasteiger partial charge in [0.15, 0.2) is 0 Å². The first-order chi connectivity index (χ1) is 10.0. The van der Waals surface area contributed by atoms with Gasteiger partial charge in [0.05, 0.1) is 0 Å². The number of carbonyl (C=O) groups excluding carboxylic acids is 1. The van der Waals surface area contributed by atoms with Gasteiger partial charge in [-0.05, 0) is 36.1 Å². The Labute approximate surface area is 125 Å². The van der Waals surface area contributed by atoms with Crippen molar-refractivity contribution in [1.29, 1.82) is 0 Å². The van der Waals surface area contributed by atoms with E-state index >= 15 is 0 Å². The molecule has 4 heteroatoms. The van der Waals surface area contributed by atoms with Gasteiger partial charge in [-0.2, -0.15) is 0 Å². The first kappa shape index (κ1) is 16.7. The van der Waals surface area contributed by atoms with E-state index < -0.39 is 5.97 Å². The number of benzene rings is 1. The second kappa shape index (κ2) is 8.74. The Morgan fingerprint density at radius 1 is 1.33 bits per heavy atom. The van der Waals surface area contributed by atoms with Crippen molar-refractivity contribution in [2.45, 2.75) is 26.2 Å². The van der Waals surface area contributed by atoms with Crippen LogP contribution < -0.4 is 5.32 Å². The van der Waals surface area contributed by atoms with E-state index in [-0.39, 0.29) is 11.8 Å². The molecule has 0 aliphatic rings. The Hall–Kier alpha value is -2.36. The molecule has 1 atom stereocenters. The molecule has 112 valence electrons. The molecule has 21 heavy (non-hydrogen) atoms. The number of aliphatic carboxylic acids is 1. The zero-order valence-corrected chi connectivity index (χ0v) is 12.2. The lowest BCUT2D eigenvalue weighted by molar-refractivity contribution is -0.131. The van der Waals surface area contributed by atoms with Crippen LogP contribution in [0.3, 0.4) is 0 Å². The van der Waals surface area contributed by atoms with E-state index in [4.69, 9.17) is 5.11 Å². The summed E-state index contributed by atoms with van der Waals surface area (Å²) in [5, 5.41) is 11.4. The number of carboxylic acid groups (broad SMARTS) is 1. The fourth-order valence-corrected chi connectivity index (χ4v) is 1.97. The minimum absolute atomic E-state index is 0.0396. The number of hydrogen-bond acceptors (Lipinski definition) is 2. The maximum atomic E-state index is 11.9. The minimum Gasteiger partial charge on any atom is -0.478 e. The van der Waals surface area contributed by atoms with Crippen LogP contribution in [-0.2, 0) is 9.59 Å². The predicted molar refractivity (Wildman–Crippen MR) is 85.0 cm³/mol. The van der Waals surface area contributed by atoms with Gasteiger partial charge < -0.3 is 10.4 Å². The summed E-state index contributed by atoms with van der Waals surface area (Å²) in [6.45, 7) is 5.83. The highest BCUT2D eigenvalue weighted by Gasteiger charge is 2.09. The molecule has 1 amide bonds. The first-order valence-corrected chi connectivity index (χ1v) is 6.98. The van der Waals surface area contributed by atoms with Gasteiger partial charge >= 0.3 is 5.97 Å². The third-order valence-corrected chi connectivity index (χ3v) is 3.05. The Kier molecular flexibility index (Phi) is 6.95. The quantitative estimate of drug-likeness (QED) is 0.565. The fraction of sp³-hybridized carbons (Fsp3) is 0.294. The summed E-state index contributed by atoms with van der Waals surface area (Å²) >= 11 is 0. The lowest BCUT2D eigenvalue weighted by atomic mass is 9.99. The van der Waals surface area contributed by atoms with Gasteiger partial charge in [-0.1, -0.05) is 31.6 Å². The summed E-state index contributed by atoms with van der Waals surface area (Å²) in [5.74, 6) is -0.825. The molecule has 1 unspecified atom stereocenters. The topological polar surface area (TPSA) is 66.4 Å². The van der Waals surface area contributed by atoms with Crippen LogP contribution in [0.15, 0.2) is 43.0 Å². The van der Waals surface area contributed by atoms with E-state index in [0.29, 0.717) is 12.1 Å². The normalized spacial score (nSPS) is 12.0. The van der Waals surface area contributed by atoms with Crippen molar-refractivity contribution >= 4 is 23.6 Å². The van der Waals surface area contributed by atoms with E-state index in [1.807, 2.05) is 6.08 Å². The van der Waals surface area contributed by atoms with Crippen molar-refractivity contribution in [3.05, 3.63) is 48.6 Å². The van der Waals surface area contributed by atoms with Crippen LogP contribution in [0.25, 0.3) is 6.08 Å². The molecule has 1 aromatic carbocycles. The third kappa shape index (κ3) is 6.56. The Morgan fingerprint density at radius 2 is 2.00 bits per heavy atom. The summed E-state index contributed by atoms with van der Waals surface area (Å²) in [4.78, 5) is 22.3. The van der Waals surface area contributed by atoms with Gasteiger partial charge in [0.2, 0.25) is 5.91 Å². The lowest BCUT2D eigenvalue weighted by Crippen LogP contribution is -2.15. The van der Waals surface area contributed by atoms with Crippen LogP contribution in [0.5, 0.6) is 0 Å². The number of allylic oxidation sites excluding steroid dienone is 1. The highest BCUT2D eigenvalue weighted by molar-refractivity contribution is 5.91. The smallest absolute Gasteiger partial charge is 0.328 e. The van der Waals surface area contributed by atoms with E-state index in [2.05, 4.69) is 18.8 Å². The van der Waals surface area contributed by atoms with E-state index in [1.54, 1.807) is 24.3 Å². The largest absolute Gasteiger partial charge is 0.478 e. The van der Waals surface area contributed by atoms with Crippen LogP contribution in [0.1, 0.15) is 31.7 Å². The third-order valence-electron chi connectivity index (χ3n) is 3.05. The van der Waals surface area contributed by atoms with Crippen molar-refractivity contribution in [2.75, 3.05) is 5.32 Å². The van der Waals surface area contributed by atoms with Gasteiger partial charge in [-0.15, -0.1) is 6.58 Å². The Bertz CT molecular complexity index is 517. The number of rotatable bonds is 8. The number of hydrogen-bond donors (Lipinski definition) is 2. The van der Waals surface area contributed by atoms with Crippen LogP contribution >= 0.6 is 0 Å². The number of carboxylic acids is 1. The minimum atomic E-state index is -0.987. The van der Waals surface area contributed by atoms with Gasteiger partial charge in [0.25, 0.3) is 0 Å². The van der Waals surface area contributed by atoms with Crippen LogP contribution in [-0.4, -0.2) is 17.0 Å². The monoisotopic (exact) mass is 287 g/mol. The summed E-state index contributed by atoms with van der Waals surface area (Å²) in [6.07, 6.45) is 6.81. The van der Waals surface area contributed by atoms with Gasteiger partial charge in [0, 0.05) is 18.2 Å². The van der Waals surface area contributed by atoms with Crippen molar-refractivity contribution < 1.29 is 14.7 Å². The summed E-state index contributed by atoms with van der Waals surface area (Å²) in [6, 6.07) is 7.02. The number of anilines is 1. The zero-order valence-electron chi connectivity index (χ0n) is 12.2. The molecule has 0 fully saturated rings.